The first-order valence-electron chi connectivity index (χ1n) is 8.57. The zero-order chi connectivity index (χ0) is 18.1. The molecule has 1 aliphatic heterocycles. The van der Waals surface area contributed by atoms with Crippen LogP contribution in [0.15, 0.2) is 56.3 Å². The molecule has 0 saturated carbocycles. The van der Waals surface area contributed by atoms with E-state index in [2.05, 4.69) is 15.9 Å². The maximum Gasteiger partial charge on any atom is 0.200 e. The number of nitrogens with one attached hydrogen (secondary N) is 1. The van der Waals surface area contributed by atoms with Gasteiger partial charge in [-0.25, -0.2) is 0 Å². The van der Waals surface area contributed by atoms with E-state index >= 15 is 0 Å². The molecule has 0 atom stereocenters. The Labute approximate surface area is 158 Å². The van der Waals surface area contributed by atoms with E-state index in [1.807, 2.05) is 24.3 Å². The molecule has 1 saturated heterocycles. The smallest absolute Gasteiger partial charge is 0.200 e. The van der Waals surface area contributed by atoms with E-state index in [0.29, 0.717) is 41.9 Å². The van der Waals surface area contributed by atoms with E-state index < -0.39 is 0 Å². The highest BCUT2D eigenvalue weighted by atomic mass is 79.9. The quantitative estimate of drug-likeness (QED) is 0.687. The average molecular weight is 417 g/mol. The molecule has 2 heterocycles. The van der Waals surface area contributed by atoms with Gasteiger partial charge >= 0.3 is 0 Å². The van der Waals surface area contributed by atoms with Crippen molar-refractivity contribution in [2.45, 2.75) is 6.54 Å². The monoisotopic (exact) mass is 416 g/mol. The first kappa shape index (κ1) is 17.3. The topological polar surface area (TPSA) is 64.1 Å². The number of morpholine rings is 1. The average Bonchev–Trinajstić information content (AvgIpc) is 2.66. The van der Waals surface area contributed by atoms with Crippen LogP contribution in [-0.2, 0) is 11.3 Å². The molecule has 0 radical (unpaired) electrons. The lowest BCUT2D eigenvalue weighted by molar-refractivity contribution is -0.921. The molecule has 2 N–H and O–H groups in total. The highest BCUT2D eigenvalue weighted by molar-refractivity contribution is 9.10. The molecule has 26 heavy (non-hydrogen) atoms. The van der Waals surface area contributed by atoms with Crippen LogP contribution in [0.4, 0.5) is 0 Å². The molecule has 0 amide bonds. The molecule has 0 spiro atoms. The number of hydrogen-bond donors (Lipinski definition) is 2. The minimum atomic E-state index is -0.0909. The Balaban J connectivity index is 1.79. The Morgan fingerprint density at radius 1 is 1.08 bits per heavy atom. The predicted molar refractivity (Wildman–Crippen MR) is 103 cm³/mol. The number of hydrogen-bond acceptors (Lipinski definition) is 4. The standard InChI is InChI=1S/C20H18BrNO4/c21-14-3-1-13(2-4-14)17-12-26-20-15(19(17)24)5-6-18(23)16(20)11-22-7-9-25-10-8-22/h1-6,12,23H,7-11H2/p+1. The van der Waals surface area contributed by atoms with Crippen molar-refractivity contribution in [2.75, 3.05) is 26.3 Å². The van der Waals surface area contributed by atoms with Crippen LogP contribution in [0.25, 0.3) is 22.1 Å². The number of phenolic OH excluding ortho intramolecular Hbond substituents is 1. The van der Waals surface area contributed by atoms with Crippen molar-refractivity contribution in [3.05, 3.63) is 62.9 Å². The van der Waals surface area contributed by atoms with E-state index in [0.717, 1.165) is 23.1 Å². The fraction of sp³-hybridized carbons (Fsp3) is 0.250. The highest BCUT2D eigenvalue weighted by Gasteiger charge is 2.21. The first-order chi connectivity index (χ1) is 12.6. The summed E-state index contributed by atoms with van der Waals surface area (Å²) in [6.45, 7) is 3.76. The van der Waals surface area contributed by atoms with Crippen molar-refractivity contribution in [1.29, 1.82) is 0 Å². The number of phenols is 1. The van der Waals surface area contributed by atoms with Crippen LogP contribution in [0.2, 0.25) is 0 Å². The van der Waals surface area contributed by atoms with Gasteiger partial charge in [-0.1, -0.05) is 28.1 Å². The van der Waals surface area contributed by atoms with E-state index in [4.69, 9.17) is 9.15 Å². The van der Waals surface area contributed by atoms with Crippen LogP contribution in [0.1, 0.15) is 5.56 Å². The van der Waals surface area contributed by atoms with Gasteiger partial charge in [0.25, 0.3) is 0 Å². The summed E-state index contributed by atoms with van der Waals surface area (Å²) < 4.78 is 12.2. The van der Waals surface area contributed by atoms with Crippen LogP contribution >= 0.6 is 15.9 Å². The summed E-state index contributed by atoms with van der Waals surface area (Å²) in [7, 11) is 0. The minimum absolute atomic E-state index is 0.0909. The summed E-state index contributed by atoms with van der Waals surface area (Å²) in [6, 6.07) is 10.8. The van der Waals surface area contributed by atoms with Gasteiger partial charge in [-0.2, -0.15) is 0 Å². The van der Waals surface area contributed by atoms with Crippen molar-refractivity contribution < 1.29 is 19.2 Å². The van der Waals surface area contributed by atoms with Gasteiger partial charge in [0.05, 0.1) is 29.7 Å². The Morgan fingerprint density at radius 3 is 2.54 bits per heavy atom. The van der Waals surface area contributed by atoms with Gasteiger partial charge in [-0.05, 0) is 29.8 Å². The van der Waals surface area contributed by atoms with E-state index in [9.17, 15) is 9.90 Å². The van der Waals surface area contributed by atoms with Gasteiger partial charge in [0.2, 0.25) is 5.43 Å². The summed E-state index contributed by atoms with van der Waals surface area (Å²) in [4.78, 5) is 14.3. The molecule has 0 bridgehead atoms. The molecular weight excluding hydrogens is 398 g/mol. The normalized spacial score (nSPS) is 15.4. The first-order valence-corrected chi connectivity index (χ1v) is 9.36. The number of halogens is 1. The summed E-state index contributed by atoms with van der Waals surface area (Å²) in [6.07, 6.45) is 1.49. The molecule has 6 heteroatoms. The second-order valence-electron chi connectivity index (χ2n) is 6.46. The van der Waals surface area contributed by atoms with Gasteiger partial charge in [0.15, 0.2) is 0 Å². The molecule has 1 aliphatic rings. The summed E-state index contributed by atoms with van der Waals surface area (Å²) in [5.41, 5.74) is 2.37. The number of rotatable bonds is 3. The van der Waals surface area contributed by atoms with Gasteiger partial charge in [0, 0.05) is 4.47 Å². The van der Waals surface area contributed by atoms with Crippen molar-refractivity contribution in [2.24, 2.45) is 0 Å². The SMILES string of the molecule is O=c1c(-c2ccc(Br)cc2)coc2c(C[NH+]3CCOCC3)c(O)ccc12. The summed E-state index contributed by atoms with van der Waals surface area (Å²) >= 11 is 3.40. The summed E-state index contributed by atoms with van der Waals surface area (Å²) in [5.74, 6) is 0.163. The maximum absolute atomic E-state index is 13.0. The molecule has 5 nitrogen and oxygen atoms in total. The Morgan fingerprint density at radius 2 is 1.81 bits per heavy atom. The third-order valence-corrected chi connectivity index (χ3v) is 5.33. The number of ether oxygens (including phenoxy) is 1. The van der Waals surface area contributed by atoms with Crippen molar-refractivity contribution in [3.63, 3.8) is 0 Å². The number of fused-ring (bicyclic) bond motifs is 1. The molecule has 0 aliphatic carbocycles. The largest absolute Gasteiger partial charge is 0.507 e. The third kappa shape index (κ3) is 3.28. The lowest BCUT2D eigenvalue weighted by atomic mass is 10.0. The van der Waals surface area contributed by atoms with Crippen LogP contribution in [0, 0.1) is 0 Å². The van der Waals surface area contributed by atoms with Crippen LogP contribution in [0.5, 0.6) is 5.75 Å². The molecule has 0 unspecified atom stereocenters. The summed E-state index contributed by atoms with van der Waals surface area (Å²) in [5, 5.41) is 10.8. The number of quaternary nitrogens is 1. The fourth-order valence-electron chi connectivity index (χ4n) is 3.33. The zero-order valence-corrected chi connectivity index (χ0v) is 15.7. The fourth-order valence-corrected chi connectivity index (χ4v) is 3.60. The van der Waals surface area contributed by atoms with E-state index in [-0.39, 0.29) is 11.2 Å². The maximum atomic E-state index is 13.0. The van der Waals surface area contributed by atoms with Crippen LogP contribution < -0.4 is 10.3 Å². The van der Waals surface area contributed by atoms with E-state index in [1.165, 1.54) is 11.2 Å². The Hall–Kier alpha value is -2.15. The predicted octanol–water partition coefficient (Wildman–Crippen LogP) is 2.34. The number of aromatic hydroxyl groups is 1. The van der Waals surface area contributed by atoms with Crippen molar-refractivity contribution in [3.8, 4) is 16.9 Å². The molecule has 1 aromatic heterocycles. The van der Waals surface area contributed by atoms with Gasteiger partial charge in [-0.3, -0.25) is 4.79 Å². The molecular formula is C20H19BrNO4+. The van der Waals surface area contributed by atoms with Gasteiger partial charge in [0.1, 0.15) is 37.2 Å². The lowest BCUT2D eigenvalue weighted by Crippen LogP contribution is -3.12. The van der Waals surface area contributed by atoms with Gasteiger partial charge in [-0.15, -0.1) is 0 Å². The van der Waals surface area contributed by atoms with Crippen molar-refractivity contribution >= 4 is 26.9 Å². The Bertz CT molecular complexity index is 991. The second kappa shape index (κ2) is 7.23. The highest BCUT2D eigenvalue weighted by Crippen LogP contribution is 2.28. The zero-order valence-electron chi connectivity index (χ0n) is 14.1. The van der Waals surface area contributed by atoms with Gasteiger partial charge < -0.3 is 19.2 Å². The second-order valence-corrected chi connectivity index (χ2v) is 7.38. The minimum Gasteiger partial charge on any atom is -0.507 e. The molecule has 2 aromatic carbocycles. The third-order valence-electron chi connectivity index (χ3n) is 4.80. The van der Waals surface area contributed by atoms with Crippen molar-refractivity contribution in [1.82, 2.24) is 0 Å². The molecule has 3 aromatic rings. The number of benzene rings is 2. The molecule has 134 valence electrons. The van der Waals surface area contributed by atoms with E-state index in [1.54, 1.807) is 12.1 Å². The lowest BCUT2D eigenvalue weighted by Gasteiger charge is -2.24. The molecule has 4 rings (SSSR count). The van der Waals surface area contributed by atoms with Crippen LogP contribution in [0.3, 0.4) is 0 Å². The molecule has 1 fully saturated rings. The van der Waals surface area contributed by atoms with Crippen LogP contribution in [-0.4, -0.2) is 31.4 Å². The Kier molecular flexibility index (Phi) is 4.80.